The monoisotopic (exact) mass is 304 g/mol. The Bertz CT molecular complexity index is 567. The van der Waals surface area contributed by atoms with E-state index in [2.05, 4.69) is 11.9 Å². The third-order valence-electron chi connectivity index (χ3n) is 3.31. The quantitative estimate of drug-likeness (QED) is 0.881. The Kier molecular flexibility index (Phi) is 4.19. The summed E-state index contributed by atoms with van der Waals surface area (Å²) in [4.78, 5) is 28.0. The van der Waals surface area contributed by atoms with Crippen molar-refractivity contribution in [3.8, 4) is 0 Å². The van der Waals surface area contributed by atoms with E-state index in [-0.39, 0.29) is 12.5 Å². The van der Waals surface area contributed by atoms with E-state index in [1.165, 1.54) is 0 Å². The Balaban J connectivity index is 1.38. The maximum absolute atomic E-state index is 11.7. The number of hydrogen-bond donors (Lipinski definition) is 1. The summed E-state index contributed by atoms with van der Waals surface area (Å²) in [5.41, 5.74) is 1.39. The Morgan fingerprint density at radius 3 is 2.68 bits per heavy atom. The first-order valence-electron chi connectivity index (χ1n) is 6.94. The molecule has 2 saturated heterocycles. The maximum Gasteiger partial charge on any atom is 0.346 e. The molecular formula is C15H16N2O5. The van der Waals surface area contributed by atoms with Crippen LogP contribution in [0.15, 0.2) is 42.6 Å². The molecule has 0 saturated carbocycles. The molecule has 7 nitrogen and oxygen atoms in total. The van der Waals surface area contributed by atoms with Crippen LogP contribution in [0.25, 0.3) is 0 Å². The second kappa shape index (κ2) is 6.27. The molecule has 0 radical (unpaired) electrons. The van der Waals surface area contributed by atoms with Gasteiger partial charge in [0.1, 0.15) is 6.54 Å². The number of rotatable bonds is 5. The zero-order chi connectivity index (χ0) is 15.5. The first-order chi connectivity index (χ1) is 10.6. The van der Waals surface area contributed by atoms with Gasteiger partial charge in [0.25, 0.3) is 5.91 Å². The zero-order valence-electron chi connectivity index (χ0n) is 11.9. The minimum absolute atomic E-state index is 0.136. The number of benzene rings is 1. The van der Waals surface area contributed by atoms with Gasteiger partial charge in [0, 0.05) is 12.0 Å². The van der Waals surface area contributed by atoms with Crippen LogP contribution in [0.2, 0.25) is 0 Å². The Morgan fingerprint density at radius 2 is 2.05 bits per heavy atom. The van der Waals surface area contributed by atoms with Gasteiger partial charge < -0.3 is 14.3 Å². The predicted molar refractivity (Wildman–Crippen MR) is 74.5 cm³/mol. The van der Waals surface area contributed by atoms with Crippen molar-refractivity contribution in [1.82, 2.24) is 10.4 Å². The number of ether oxygens (including phenoxy) is 2. The van der Waals surface area contributed by atoms with Gasteiger partial charge in [0.15, 0.2) is 6.29 Å². The molecule has 0 aromatic heterocycles. The third-order valence-corrected chi connectivity index (χ3v) is 3.31. The zero-order valence-corrected chi connectivity index (χ0v) is 11.9. The van der Waals surface area contributed by atoms with Crippen LogP contribution in [0.5, 0.6) is 0 Å². The lowest BCUT2D eigenvalue weighted by Gasteiger charge is -2.36. The van der Waals surface area contributed by atoms with Crippen molar-refractivity contribution in [2.75, 3.05) is 6.54 Å². The van der Waals surface area contributed by atoms with E-state index in [0.29, 0.717) is 18.5 Å². The van der Waals surface area contributed by atoms with Crippen LogP contribution < -0.4 is 5.32 Å². The molecule has 1 N–H and O–H groups in total. The second-order valence-electron chi connectivity index (χ2n) is 4.95. The summed E-state index contributed by atoms with van der Waals surface area (Å²) in [7, 11) is 0. The molecule has 0 unspecified atom stereocenters. The van der Waals surface area contributed by atoms with Crippen LogP contribution in [0, 0.1) is 0 Å². The van der Waals surface area contributed by atoms with Crippen LogP contribution in [0.1, 0.15) is 24.7 Å². The topological polar surface area (TPSA) is 77.1 Å². The Hall–Kier alpha value is -2.22. The average molecular weight is 304 g/mol. The lowest BCUT2D eigenvalue weighted by Crippen LogP contribution is -2.48. The highest BCUT2D eigenvalue weighted by molar-refractivity contribution is 5.82. The minimum Gasteiger partial charge on any atom is -0.332 e. The van der Waals surface area contributed by atoms with E-state index >= 15 is 0 Å². The highest BCUT2D eigenvalue weighted by Gasteiger charge is 2.33. The third kappa shape index (κ3) is 3.16. The summed E-state index contributed by atoms with van der Waals surface area (Å²) < 4.78 is 10.9. The molecule has 116 valence electrons. The lowest BCUT2D eigenvalue weighted by molar-refractivity contribution is -0.400. The Morgan fingerprint density at radius 1 is 1.32 bits per heavy atom. The van der Waals surface area contributed by atoms with Crippen LogP contribution in [-0.2, 0) is 23.9 Å². The maximum atomic E-state index is 11.7. The highest BCUT2D eigenvalue weighted by Crippen LogP contribution is 2.29. The molecule has 1 amide bonds. The molecule has 7 heteroatoms. The van der Waals surface area contributed by atoms with Crippen molar-refractivity contribution in [1.29, 1.82) is 0 Å². The van der Waals surface area contributed by atoms with Crippen LogP contribution in [0.3, 0.4) is 0 Å². The number of allylic oxidation sites excluding steroid dienone is 1. The summed E-state index contributed by atoms with van der Waals surface area (Å²) in [5, 5.41) is 3.68. The number of nitrogens with one attached hydrogen (secondary N) is 1. The van der Waals surface area contributed by atoms with Gasteiger partial charge in [0.05, 0.1) is 5.70 Å². The van der Waals surface area contributed by atoms with Crippen molar-refractivity contribution >= 4 is 11.9 Å². The number of hydrogen-bond acceptors (Lipinski definition) is 6. The molecule has 22 heavy (non-hydrogen) atoms. The van der Waals surface area contributed by atoms with E-state index in [1.807, 2.05) is 30.3 Å². The minimum atomic E-state index is -0.671. The molecule has 3 rings (SSSR count). The number of amides is 1. The normalized spacial score (nSPS) is 24.3. The summed E-state index contributed by atoms with van der Waals surface area (Å²) in [5.74, 6) is -0.870. The molecule has 0 spiro atoms. The number of hydroxylamine groups is 2. The molecular weight excluding hydrogens is 288 g/mol. The van der Waals surface area contributed by atoms with E-state index < -0.39 is 18.7 Å². The van der Waals surface area contributed by atoms with Gasteiger partial charge in [-0.15, -0.1) is 5.06 Å². The molecule has 1 aromatic rings. The van der Waals surface area contributed by atoms with E-state index in [4.69, 9.17) is 14.3 Å². The molecule has 2 heterocycles. The number of carbonyl (C=O) groups is 2. The van der Waals surface area contributed by atoms with Gasteiger partial charge in [0.2, 0.25) is 6.41 Å². The summed E-state index contributed by atoms with van der Waals surface area (Å²) >= 11 is 0. The summed E-state index contributed by atoms with van der Waals surface area (Å²) in [6.45, 7) is 3.53. The molecule has 1 aromatic carbocycles. The van der Waals surface area contributed by atoms with E-state index in [1.54, 1.807) is 0 Å². The fraction of sp³-hybridized carbons (Fsp3) is 0.333. The summed E-state index contributed by atoms with van der Waals surface area (Å²) in [6.07, 6.45) is -0.287. The van der Waals surface area contributed by atoms with E-state index in [0.717, 1.165) is 10.6 Å². The van der Waals surface area contributed by atoms with Crippen LogP contribution in [-0.4, -0.2) is 29.9 Å². The predicted octanol–water partition coefficient (Wildman–Crippen LogP) is 1.20. The second-order valence-corrected chi connectivity index (χ2v) is 4.95. The van der Waals surface area contributed by atoms with Crippen molar-refractivity contribution in [2.24, 2.45) is 0 Å². The lowest BCUT2D eigenvalue weighted by atomic mass is 10.2. The molecule has 2 fully saturated rings. The van der Waals surface area contributed by atoms with Gasteiger partial charge in [-0.1, -0.05) is 36.9 Å². The molecule has 2 aliphatic heterocycles. The first kappa shape index (κ1) is 14.7. The first-order valence-corrected chi connectivity index (χ1v) is 6.94. The fourth-order valence-electron chi connectivity index (χ4n) is 2.15. The molecule has 0 bridgehead atoms. The number of nitrogens with zero attached hydrogens (tertiary/aromatic N) is 1. The van der Waals surface area contributed by atoms with Gasteiger partial charge in [-0.25, -0.2) is 4.79 Å². The SMILES string of the molecule is C=C1CCC(=O)N1OC(=O)CNC1OC(c2ccccc2)O1. The van der Waals surface area contributed by atoms with Crippen molar-refractivity contribution < 1.29 is 23.9 Å². The average Bonchev–Trinajstić information content (AvgIpc) is 2.78. The van der Waals surface area contributed by atoms with Crippen LogP contribution in [0.4, 0.5) is 0 Å². The van der Waals surface area contributed by atoms with Gasteiger partial charge >= 0.3 is 5.97 Å². The molecule has 2 aliphatic rings. The van der Waals surface area contributed by atoms with E-state index in [9.17, 15) is 9.59 Å². The molecule has 0 aliphatic carbocycles. The largest absolute Gasteiger partial charge is 0.346 e. The Labute approximate surface area is 127 Å². The van der Waals surface area contributed by atoms with Crippen LogP contribution >= 0.6 is 0 Å². The van der Waals surface area contributed by atoms with Crippen molar-refractivity contribution in [2.45, 2.75) is 25.5 Å². The number of carbonyl (C=O) groups excluding carboxylic acids is 2. The van der Waals surface area contributed by atoms with Gasteiger partial charge in [-0.05, 0) is 6.42 Å². The van der Waals surface area contributed by atoms with Crippen molar-refractivity contribution in [3.05, 3.63) is 48.2 Å². The summed E-state index contributed by atoms with van der Waals surface area (Å²) in [6, 6.07) is 9.46. The molecule has 0 atom stereocenters. The standard InChI is InChI=1S/C15H16N2O5/c1-10-7-8-12(18)17(10)22-13(19)9-16-15-20-14(21-15)11-5-3-2-4-6-11/h2-6,14-16H,1,7-9H2. The fourth-order valence-corrected chi connectivity index (χ4v) is 2.15. The van der Waals surface area contributed by atoms with Gasteiger partial charge in [-0.3, -0.25) is 10.1 Å². The highest BCUT2D eigenvalue weighted by atomic mass is 16.9. The van der Waals surface area contributed by atoms with Crippen molar-refractivity contribution in [3.63, 3.8) is 0 Å². The van der Waals surface area contributed by atoms with Gasteiger partial charge in [-0.2, -0.15) is 0 Å². The smallest absolute Gasteiger partial charge is 0.332 e.